The lowest BCUT2D eigenvalue weighted by molar-refractivity contribution is -0.150. The number of carbonyl (C=O) groups is 3. The monoisotopic (exact) mass is 871 g/mol. The fourth-order valence-electron chi connectivity index (χ4n) is 11.9. The quantitative estimate of drug-likeness (QED) is 0.198. The Bertz CT molecular complexity index is 1920. The maximum atomic E-state index is 12.5. The van der Waals surface area contributed by atoms with Gasteiger partial charge in [0.15, 0.2) is 0 Å². The number of nitrogens with one attached hydrogen (secondary N) is 3. The van der Waals surface area contributed by atoms with Crippen LogP contribution in [0, 0.1) is 0 Å². The number of carbonyl (C=O) groups excluding carboxylic acids is 1. The second-order valence-corrected chi connectivity index (χ2v) is 21.3. The molecule has 10 rings (SSSR count). The van der Waals surface area contributed by atoms with Crippen molar-refractivity contribution in [2.45, 2.75) is 149 Å². The minimum atomic E-state index is -0.826. The average Bonchev–Trinajstić information content (AvgIpc) is 4.10. The molecule has 2 aromatic carbocycles. The molecule has 8 fully saturated rings. The van der Waals surface area contributed by atoms with E-state index in [1.165, 1.54) is 24.0 Å². The van der Waals surface area contributed by atoms with Crippen molar-refractivity contribution in [1.82, 2.24) is 30.7 Å². The Morgan fingerprint density at radius 2 is 1.13 bits per heavy atom. The first-order valence-electron chi connectivity index (χ1n) is 23.7. The van der Waals surface area contributed by atoms with Crippen molar-refractivity contribution in [3.8, 4) is 0 Å². The Hall–Kier alpha value is -3.63. The summed E-state index contributed by atoms with van der Waals surface area (Å²) in [4.78, 5) is 41.8. The van der Waals surface area contributed by atoms with Gasteiger partial charge in [0.05, 0.1) is 48.3 Å². The van der Waals surface area contributed by atoms with Crippen molar-refractivity contribution in [3.63, 3.8) is 0 Å². The zero-order chi connectivity index (χ0) is 44.0. The van der Waals surface area contributed by atoms with Crippen molar-refractivity contribution in [3.05, 3.63) is 71.8 Å². The summed E-state index contributed by atoms with van der Waals surface area (Å²) in [6.45, 7) is 12.9. The predicted octanol–water partition coefficient (Wildman–Crippen LogP) is 4.79. The van der Waals surface area contributed by atoms with Gasteiger partial charge >= 0.3 is 18.0 Å². The van der Waals surface area contributed by atoms with Crippen molar-refractivity contribution in [2.75, 3.05) is 65.6 Å². The van der Waals surface area contributed by atoms with Crippen LogP contribution in [0.3, 0.4) is 0 Å². The highest BCUT2D eigenvalue weighted by molar-refractivity contribution is 5.73. The summed E-state index contributed by atoms with van der Waals surface area (Å²) >= 11 is 0. The summed E-state index contributed by atoms with van der Waals surface area (Å²) in [5.41, 5.74) is 1.47. The first kappa shape index (κ1) is 44.6. The van der Waals surface area contributed by atoms with E-state index in [0.717, 1.165) is 91.0 Å². The molecule has 8 aliphatic rings. The number of rotatable bonds is 12. The molecular weight excluding hydrogens is 801 g/mol. The van der Waals surface area contributed by atoms with Gasteiger partial charge in [0, 0.05) is 88.4 Å². The van der Waals surface area contributed by atoms with E-state index in [0.29, 0.717) is 49.1 Å². The highest BCUT2D eigenvalue weighted by atomic mass is 16.6. The SMILES string of the molecule is CC(C)(C)OC(=O)N1CC(CC(=O)O)(N2CCC3(CC2)CC(N[C@@H]2C[C@H]2c2ccccc2)CO3)C1.O=C(O)CC1(N2CCC3(CC2)CC(N[C@@H]2C[C@H]2c2ccccc2)CO3)CNC1. The van der Waals surface area contributed by atoms with Crippen LogP contribution < -0.4 is 16.0 Å². The molecule has 2 spiro atoms. The third kappa shape index (κ3) is 10.1. The van der Waals surface area contributed by atoms with Crippen LogP contribution in [0.4, 0.5) is 4.79 Å². The summed E-state index contributed by atoms with van der Waals surface area (Å²) in [5, 5.41) is 29.8. The maximum Gasteiger partial charge on any atom is 0.410 e. The van der Waals surface area contributed by atoms with Gasteiger partial charge in [0.2, 0.25) is 0 Å². The van der Waals surface area contributed by atoms with Gasteiger partial charge in [-0.2, -0.15) is 0 Å². The Balaban J connectivity index is 0.000000164. The molecule has 2 aliphatic carbocycles. The molecule has 2 unspecified atom stereocenters. The van der Waals surface area contributed by atoms with Gasteiger partial charge < -0.3 is 45.3 Å². The molecule has 63 heavy (non-hydrogen) atoms. The standard InChI is InChI=1S/C27H39N3O5.C22H31N3O3/c1-25(2,3)35-24(33)29-17-26(18-29,15-23(31)32)30-11-9-27(10-12-30)14-20(16-34-27)28-22-13-21(22)19-7-5-4-6-8-19;26-20(27)12-21(14-23-15-21)25-8-6-22(7-9-25)11-17(13-28-22)24-19-10-18(19)16-4-2-1-3-5-16/h4-8,20-22,28H,9-18H2,1-3H3,(H,31,32);1-5,17-19,23-24H,6-15H2,(H,26,27)/t20?,21-,22+;17?,18-,19+/m00/s1. The molecule has 5 N–H and O–H groups in total. The van der Waals surface area contributed by atoms with Gasteiger partial charge in [-0.1, -0.05) is 60.7 Å². The maximum absolute atomic E-state index is 12.5. The zero-order valence-corrected chi connectivity index (χ0v) is 37.6. The Labute approximate surface area is 372 Å². The van der Waals surface area contributed by atoms with Gasteiger partial charge in [-0.25, -0.2) is 4.79 Å². The molecule has 2 aromatic rings. The molecule has 14 nitrogen and oxygen atoms in total. The van der Waals surface area contributed by atoms with Crippen LogP contribution in [0.1, 0.15) is 108 Å². The topological polar surface area (TPSA) is 165 Å². The molecule has 14 heteroatoms. The number of piperidine rings is 2. The molecule has 2 saturated carbocycles. The van der Waals surface area contributed by atoms with Crippen LogP contribution >= 0.6 is 0 Å². The number of carboxylic acids is 2. The summed E-state index contributed by atoms with van der Waals surface area (Å²) in [6.07, 6.45) is 8.23. The van der Waals surface area contributed by atoms with Crippen LogP contribution in [-0.2, 0) is 23.8 Å². The summed E-state index contributed by atoms with van der Waals surface area (Å²) in [6, 6.07) is 23.5. The summed E-state index contributed by atoms with van der Waals surface area (Å²) < 4.78 is 18.2. The largest absolute Gasteiger partial charge is 0.481 e. The molecule has 6 aliphatic heterocycles. The molecule has 6 atom stereocenters. The molecule has 344 valence electrons. The van der Waals surface area contributed by atoms with Crippen LogP contribution in [0.5, 0.6) is 0 Å². The van der Waals surface area contributed by atoms with Crippen LogP contribution in [0.15, 0.2) is 60.7 Å². The van der Waals surface area contributed by atoms with Gasteiger partial charge in [-0.3, -0.25) is 19.4 Å². The van der Waals surface area contributed by atoms with Gasteiger partial charge in [-0.05, 0) is 83.3 Å². The fraction of sp³-hybridized carbons (Fsp3) is 0.694. The van der Waals surface area contributed by atoms with E-state index in [4.69, 9.17) is 14.2 Å². The normalized spacial score (nSPS) is 31.3. The summed E-state index contributed by atoms with van der Waals surface area (Å²) in [5.74, 6) is -0.257. The fourth-order valence-corrected chi connectivity index (χ4v) is 11.9. The highest BCUT2D eigenvalue weighted by Gasteiger charge is 2.55. The second-order valence-electron chi connectivity index (χ2n) is 21.3. The summed E-state index contributed by atoms with van der Waals surface area (Å²) in [7, 11) is 0. The Morgan fingerprint density at radius 1 is 0.698 bits per heavy atom. The molecule has 0 aromatic heterocycles. The van der Waals surface area contributed by atoms with Crippen LogP contribution in [-0.4, -0.2) is 161 Å². The molecule has 6 saturated heterocycles. The Morgan fingerprint density at radius 3 is 1.52 bits per heavy atom. The lowest BCUT2D eigenvalue weighted by Crippen LogP contribution is -2.73. The number of amides is 1. The zero-order valence-electron chi connectivity index (χ0n) is 37.6. The van der Waals surface area contributed by atoms with E-state index >= 15 is 0 Å². The molecule has 1 amide bonds. The average molecular weight is 871 g/mol. The van der Waals surface area contributed by atoms with E-state index in [9.17, 15) is 24.6 Å². The van der Waals surface area contributed by atoms with Crippen molar-refractivity contribution < 1.29 is 38.8 Å². The van der Waals surface area contributed by atoms with Gasteiger partial charge in [0.1, 0.15) is 5.60 Å². The predicted molar refractivity (Wildman–Crippen MR) is 238 cm³/mol. The first-order chi connectivity index (χ1) is 30.1. The minimum Gasteiger partial charge on any atom is -0.481 e. The van der Waals surface area contributed by atoms with E-state index in [1.807, 2.05) is 20.8 Å². The van der Waals surface area contributed by atoms with Gasteiger partial charge in [0.25, 0.3) is 0 Å². The lowest BCUT2D eigenvalue weighted by atomic mass is 9.79. The van der Waals surface area contributed by atoms with Gasteiger partial charge in [-0.15, -0.1) is 0 Å². The van der Waals surface area contributed by atoms with Crippen LogP contribution in [0.25, 0.3) is 0 Å². The van der Waals surface area contributed by atoms with E-state index in [1.54, 1.807) is 4.90 Å². The molecular formula is C49H70N6O8. The lowest BCUT2D eigenvalue weighted by Gasteiger charge is -2.57. The third-order valence-corrected chi connectivity index (χ3v) is 15.5. The highest BCUT2D eigenvalue weighted by Crippen LogP contribution is 2.46. The van der Waals surface area contributed by atoms with E-state index in [2.05, 4.69) is 86.4 Å². The minimum absolute atomic E-state index is 0.00705. The number of ether oxygens (including phenoxy) is 3. The molecule has 0 radical (unpaired) electrons. The third-order valence-electron chi connectivity index (χ3n) is 15.5. The van der Waals surface area contributed by atoms with E-state index < -0.39 is 23.1 Å². The van der Waals surface area contributed by atoms with E-state index in [-0.39, 0.29) is 35.7 Å². The molecule has 0 bridgehead atoms. The van der Waals surface area contributed by atoms with Crippen molar-refractivity contribution in [2.24, 2.45) is 0 Å². The Kier molecular flexibility index (Phi) is 12.5. The number of benzene rings is 2. The van der Waals surface area contributed by atoms with Crippen LogP contribution in [0.2, 0.25) is 0 Å². The van der Waals surface area contributed by atoms with Crippen molar-refractivity contribution >= 4 is 18.0 Å². The number of hydrogen-bond acceptors (Lipinski definition) is 11. The second kappa shape index (κ2) is 17.6. The number of nitrogens with zero attached hydrogens (tertiary/aromatic N) is 3. The number of hydrogen-bond donors (Lipinski definition) is 5. The van der Waals surface area contributed by atoms with Crippen molar-refractivity contribution in [1.29, 1.82) is 0 Å². The number of carboxylic acid groups (broad SMARTS) is 2. The molecule has 6 heterocycles. The smallest absolute Gasteiger partial charge is 0.410 e. The number of likely N-dealkylation sites (tertiary alicyclic amines) is 3. The number of aliphatic carboxylic acids is 2. The first-order valence-corrected chi connectivity index (χ1v) is 23.7.